The summed E-state index contributed by atoms with van der Waals surface area (Å²) in [5.74, 6) is -3.61. The van der Waals surface area contributed by atoms with Crippen molar-refractivity contribution in [2.45, 2.75) is 46.3 Å². The molecule has 0 bridgehead atoms. The van der Waals surface area contributed by atoms with Gasteiger partial charge in [0.15, 0.2) is 11.6 Å². The molecule has 0 N–H and O–H groups in total. The molecule has 1 amide bonds. The maximum Gasteiger partial charge on any atom is 0.328 e. The Labute approximate surface area is 163 Å². The van der Waals surface area contributed by atoms with Gasteiger partial charge in [0.1, 0.15) is 11.8 Å². The highest BCUT2D eigenvalue weighted by atomic mass is 19.1. The third kappa shape index (κ3) is 4.99. The first-order valence-corrected chi connectivity index (χ1v) is 9.05. The lowest BCUT2D eigenvalue weighted by Gasteiger charge is -2.27. The minimum atomic E-state index is -0.993. The first kappa shape index (κ1) is 21.7. The molecule has 0 aromatic heterocycles. The average Bonchev–Trinajstić information content (AvgIpc) is 2.98. The van der Waals surface area contributed by atoms with E-state index < -0.39 is 35.3 Å². The first-order valence-electron chi connectivity index (χ1n) is 9.05. The molecule has 1 heterocycles. The lowest BCUT2D eigenvalue weighted by atomic mass is 10.0. The van der Waals surface area contributed by atoms with Crippen molar-refractivity contribution in [2.24, 2.45) is 5.92 Å². The van der Waals surface area contributed by atoms with Crippen molar-refractivity contribution in [2.75, 3.05) is 13.7 Å². The molecule has 0 saturated heterocycles. The number of benzene rings is 1. The van der Waals surface area contributed by atoms with Crippen LogP contribution in [0, 0.1) is 17.6 Å². The van der Waals surface area contributed by atoms with Crippen LogP contribution >= 0.6 is 0 Å². The van der Waals surface area contributed by atoms with Crippen LogP contribution in [0.3, 0.4) is 0 Å². The summed E-state index contributed by atoms with van der Waals surface area (Å²) in [5, 5.41) is 0. The molecular formula is C20H25F2NO5. The number of hydrogen-bond donors (Lipinski definition) is 0. The molecule has 2 rings (SSSR count). The van der Waals surface area contributed by atoms with Crippen molar-refractivity contribution in [3.63, 3.8) is 0 Å². The minimum absolute atomic E-state index is 0.0298. The van der Waals surface area contributed by atoms with E-state index in [4.69, 9.17) is 14.2 Å². The number of amides is 1. The van der Waals surface area contributed by atoms with Crippen molar-refractivity contribution in [1.29, 1.82) is 0 Å². The number of carbonyl (C=O) groups is 2. The van der Waals surface area contributed by atoms with Gasteiger partial charge in [-0.05, 0) is 38.3 Å². The molecule has 0 saturated carbocycles. The summed E-state index contributed by atoms with van der Waals surface area (Å²) in [6, 6.07) is 1.40. The zero-order valence-electron chi connectivity index (χ0n) is 16.6. The Morgan fingerprint density at radius 3 is 2.46 bits per heavy atom. The Morgan fingerprint density at radius 2 is 1.89 bits per heavy atom. The maximum absolute atomic E-state index is 14.6. The first-order chi connectivity index (χ1) is 13.1. The highest BCUT2D eigenvalue weighted by molar-refractivity contribution is 5.94. The topological polar surface area (TPSA) is 65.1 Å². The molecule has 0 spiro atoms. The lowest BCUT2D eigenvalue weighted by molar-refractivity contribution is -0.151. The van der Waals surface area contributed by atoms with E-state index in [0.717, 1.165) is 12.1 Å². The van der Waals surface area contributed by atoms with Crippen LogP contribution in [0.4, 0.5) is 8.78 Å². The Morgan fingerprint density at radius 1 is 1.21 bits per heavy atom. The largest absolute Gasteiger partial charge is 0.488 e. The van der Waals surface area contributed by atoms with E-state index >= 15 is 0 Å². The smallest absolute Gasteiger partial charge is 0.328 e. The van der Waals surface area contributed by atoms with Gasteiger partial charge in [0.25, 0.3) is 5.91 Å². The van der Waals surface area contributed by atoms with Crippen LogP contribution in [-0.2, 0) is 14.3 Å². The summed E-state index contributed by atoms with van der Waals surface area (Å²) in [5.41, 5.74) is 0. The second-order valence-corrected chi connectivity index (χ2v) is 7.20. The lowest BCUT2D eigenvalue weighted by Crippen LogP contribution is -2.44. The zero-order valence-corrected chi connectivity index (χ0v) is 16.6. The monoisotopic (exact) mass is 397 g/mol. The van der Waals surface area contributed by atoms with Gasteiger partial charge in [-0.1, -0.05) is 13.8 Å². The van der Waals surface area contributed by atoms with Crippen LogP contribution in [0.1, 0.15) is 34.1 Å². The van der Waals surface area contributed by atoms with E-state index in [9.17, 15) is 18.4 Å². The predicted octanol–water partition coefficient (Wildman–Crippen LogP) is 3.44. The molecule has 1 aliphatic rings. The summed E-state index contributed by atoms with van der Waals surface area (Å²) in [4.78, 5) is 25.7. The second-order valence-electron chi connectivity index (χ2n) is 7.20. The summed E-state index contributed by atoms with van der Waals surface area (Å²) < 4.78 is 44.1. The fourth-order valence-corrected chi connectivity index (χ4v) is 2.85. The van der Waals surface area contributed by atoms with E-state index in [-0.39, 0.29) is 30.1 Å². The number of rotatable bonds is 8. The van der Waals surface area contributed by atoms with Gasteiger partial charge < -0.3 is 19.1 Å². The van der Waals surface area contributed by atoms with Crippen molar-refractivity contribution < 1.29 is 32.6 Å². The van der Waals surface area contributed by atoms with Crippen molar-refractivity contribution in [3.05, 3.63) is 35.6 Å². The van der Waals surface area contributed by atoms with Crippen LogP contribution in [0.15, 0.2) is 24.0 Å². The Hall–Kier alpha value is -2.64. The van der Waals surface area contributed by atoms with Crippen LogP contribution in [-0.4, -0.2) is 42.6 Å². The SMILES string of the molecule is COC(=O)[C@H](CC(C)C)N1CC(Oc2c(F)ccc(OC(C)C)c2F)=CC1=O. The highest BCUT2D eigenvalue weighted by Crippen LogP contribution is 2.32. The standard InChI is InChI=1S/C20H25F2NO5/c1-11(2)8-15(20(25)26-5)23-10-13(9-17(23)24)28-19-14(21)6-7-16(18(19)22)27-12(3)4/h6-7,9,11-12,15H,8,10H2,1-5H3/t15-/m0/s1. The van der Waals surface area contributed by atoms with Crippen molar-refractivity contribution in [1.82, 2.24) is 4.90 Å². The fraction of sp³-hybridized carbons (Fsp3) is 0.500. The van der Waals surface area contributed by atoms with E-state index in [1.54, 1.807) is 13.8 Å². The fourth-order valence-electron chi connectivity index (χ4n) is 2.85. The molecule has 0 radical (unpaired) electrons. The minimum Gasteiger partial charge on any atom is -0.488 e. The van der Waals surface area contributed by atoms with Crippen LogP contribution < -0.4 is 9.47 Å². The van der Waals surface area contributed by atoms with E-state index in [0.29, 0.717) is 6.42 Å². The van der Waals surface area contributed by atoms with Crippen molar-refractivity contribution >= 4 is 11.9 Å². The van der Waals surface area contributed by atoms with Gasteiger partial charge in [0, 0.05) is 6.08 Å². The van der Waals surface area contributed by atoms with Gasteiger partial charge >= 0.3 is 5.97 Å². The predicted molar refractivity (Wildman–Crippen MR) is 97.8 cm³/mol. The Balaban J connectivity index is 2.22. The molecule has 1 atom stereocenters. The van der Waals surface area contributed by atoms with Crippen LogP contribution in [0.2, 0.25) is 0 Å². The van der Waals surface area contributed by atoms with Crippen molar-refractivity contribution in [3.8, 4) is 11.5 Å². The number of ether oxygens (including phenoxy) is 3. The molecule has 1 aromatic rings. The number of hydrogen-bond acceptors (Lipinski definition) is 5. The molecule has 1 aliphatic heterocycles. The molecule has 0 fully saturated rings. The molecular weight excluding hydrogens is 372 g/mol. The van der Waals surface area contributed by atoms with E-state index in [1.165, 1.54) is 18.1 Å². The Kier molecular flexibility index (Phi) is 6.99. The van der Waals surface area contributed by atoms with Gasteiger partial charge in [-0.15, -0.1) is 0 Å². The normalized spacial score (nSPS) is 15.1. The maximum atomic E-state index is 14.6. The molecule has 8 heteroatoms. The molecule has 6 nitrogen and oxygen atoms in total. The number of halogens is 2. The van der Waals surface area contributed by atoms with Gasteiger partial charge in [0.2, 0.25) is 11.6 Å². The number of carbonyl (C=O) groups excluding carboxylic acids is 2. The molecule has 28 heavy (non-hydrogen) atoms. The number of methoxy groups -OCH3 is 1. The van der Waals surface area contributed by atoms with Gasteiger partial charge in [-0.25, -0.2) is 9.18 Å². The summed E-state index contributed by atoms with van der Waals surface area (Å²) >= 11 is 0. The van der Waals surface area contributed by atoms with Gasteiger partial charge in [-0.2, -0.15) is 4.39 Å². The third-order valence-electron chi connectivity index (χ3n) is 4.05. The third-order valence-corrected chi connectivity index (χ3v) is 4.05. The Bertz CT molecular complexity index is 776. The van der Waals surface area contributed by atoms with Crippen LogP contribution in [0.25, 0.3) is 0 Å². The number of esters is 1. The quantitative estimate of drug-likeness (QED) is 0.629. The molecule has 0 unspecified atom stereocenters. The summed E-state index contributed by atoms with van der Waals surface area (Å²) in [6.45, 7) is 7.14. The molecule has 0 aliphatic carbocycles. The van der Waals surface area contributed by atoms with E-state index in [1.807, 2.05) is 13.8 Å². The zero-order chi connectivity index (χ0) is 21.0. The summed E-state index contributed by atoms with van der Waals surface area (Å²) in [7, 11) is 1.24. The molecule has 1 aromatic carbocycles. The van der Waals surface area contributed by atoms with Crippen LogP contribution in [0.5, 0.6) is 11.5 Å². The molecule has 154 valence electrons. The highest BCUT2D eigenvalue weighted by Gasteiger charge is 2.36. The second kappa shape index (κ2) is 9.03. The van der Waals surface area contributed by atoms with E-state index in [2.05, 4.69) is 0 Å². The van der Waals surface area contributed by atoms with Gasteiger partial charge in [0.05, 0.1) is 19.8 Å². The average molecular weight is 397 g/mol. The van der Waals surface area contributed by atoms with Gasteiger partial charge in [-0.3, -0.25) is 4.79 Å². The number of nitrogens with zero attached hydrogens (tertiary/aromatic N) is 1. The summed E-state index contributed by atoms with van der Waals surface area (Å²) in [6.07, 6.45) is 1.19.